The maximum absolute atomic E-state index is 12.8. The predicted molar refractivity (Wildman–Crippen MR) is 91.2 cm³/mol. The Labute approximate surface area is 142 Å². The van der Waals surface area contributed by atoms with Crippen LogP contribution in [0, 0.1) is 27.7 Å². The number of amides is 3. The maximum atomic E-state index is 12.8. The number of Topliss-reactive ketones (excluding diaryl/α,β-unsaturated/α-hetero) is 1. The first-order valence-electron chi connectivity index (χ1n) is 8.51. The van der Waals surface area contributed by atoms with E-state index in [1.54, 1.807) is 0 Å². The van der Waals surface area contributed by atoms with Gasteiger partial charge in [-0.1, -0.05) is 12.8 Å². The molecule has 1 saturated heterocycles. The highest BCUT2D eigenvalue weighted by Gasteiger charge is 2.52. The smallest absolute Gasteiger partial charge is 0.323 e. The number of rotatable bonds is 3. The van der Waals surface area contributed by atoms with E-state index in [1.807, 2.05) is 33.8 Å². The van der Waals surface area contributed by atoms with E-state index >= 15 is 0 Å². The summed E-state index contributed by atoms with van der Waals surface area (Å²) < 4.78 is 0. The van der Waals surface area contributed by atoms with Gasteiger partial charge in [-0.2, -0.15) is 0 Å². The molecule has 0 aromatic heterocycles. The van der Waals surface area contributed by atoms with E-state index in [0.29, 0.717) is 18.4 Å². The van der Waals surface area contributed by atoms with Crippen LogP contribution < -0.4 is 5.32 Å². The second-order valence-corrected chi connectivity index (χ2v) is 7.15. The van der Waals surface area contributed by atoms with Crippen molar-refractivity contribution in [1.29, 1.82) is 0 Å². The Balaban J connectivity index is 1.86. The van der Waals surface area contributed by atoms with Crippen LogP contribution in [0.3, 0.4) is 0 Å². The normalized spacial score (nSPS) is 19.2. The van der Waals surface area contributed by atoms with Crippen molar-refractivity contribution in [3.05, 3.63) is 33.9 Å². The summed E-state index contributed by atoms with van der Waals surface area (Å²) >= 11 is 0. The fraction of sp³-hybridized carbons (Fsp3) is 0.526. The molecule has 1 N–H and O–H groups in total. The van der Waals surface area contributed by atoms with Gasteiger partial charge in [0, 0.05) is 5.56 Å². The largest absolute Gasteiger partial charge is 0.325 e. The monoisotopic (exact) mass is 328 g/mol. The average molecular weight is 328 g/mol. The van der Waals surface area contributed by atoms with Gasteiger partial charge >= 0.3 is 6.03 Å². The number of ketones is 1. The third-order valence-corrected chi connectivity index (χ3v) is 5.79. The minimum atomic E-state index is -0.758. The number of carbonyl (C=O) groups excluding carboxylic acids is 3. The summed E-state index contributed by atoms with van der Waals surface area (Å²) in [6, 6.07) is 1.43. The van der Waals surface area contributed by atoms with Gasteiger partial charge in [-0.15, -0.1) is 0 Å². The molecule has 1 aliphatic carbocycles. The Hall–Kier alpha value is -2.17. The Bertz CT molecular complexity index is 745. The summed E-state index contributed by atoms with van der Waals surface area (Å²) in [5, 5.41) is 2.82. The van der Waals surface area contributed by atoms with Gasteiger partial charge in [0.2, 0.25) is 0 Å². The topological polar surface area (TPSA) is 66.5 Å². The third kappa shape index (κ3) is 2.43. The molecule has 1 saturated carbocycles. The fourth-order valence-electron chi connectivity index (χ4n) is 3.87. The zero-order valence-electron chi connectivity index (χ0n) is 14.8. The Morgan fingerprint density at radius 2 is 1.71 bits per heavy atom. The second kappa shape index (κ2) is 5.72. The van der Waals surface area contributed by atoms with Crippen molar-refractivity contribution in [2.24, 2.45) is 0 Å². The number of aryl methyl sites for hydroxylation is 1. The van der Waals surface area contributed by atoms with E-state index in [2.05, 4.69) is 5.32 Å². The maximum Gasteiger partial charge on any atom is 0.325 e. The quantitative estimate of drug-likeness (QED) is 0.685. The van der Waals surface area contributed by atoms with Gasteiger partial charge in [0.25, 0.3) is 5.91 Å². The molecule has 1 heterocycles. The number of urea groups is 1. The lowest BCUT2D eigenvalue weighted by atomic mass is 9.92. The van der Waals surface area contributed by atoms with E-state index in [1.165, 1.54) is 5.56 Å². The van der Waals surface area contributed by atoms with Crippen molar-refractivity contribution in [1.82, 2.24) is 10.2 Å². The molecule has 0 atom stereocenters. The highest BCUT2D eigenvalue weighted by molar-refractivity contribution is 6.11. The van der Waals surface area contributed by atoms with Crippen LogP contribution in [-0.4, -0.2) is 34.7 Å². The first kappa shape index (κ1) is 16.7. The van der Waals surface area contributed by atoms with Gasteiger partial charge in [-0.25, -0.2) is 4.79 Å². The van der Waals surface area contributed by atoms with Crippen LogP contribution in [0.2, 0.25) is 0 Å². The first-order valence-corrected chi connectivity index (χ1v) is 8.51. The number of carbonyl (C=O) groups is 3. The molecule has 5 heteroatoms. The Morgan fingerprint density at radius 3 is 2.33 bits per heavy atom. The molecule has 3 rings (SSSR count). The van der Waals surface area contributed by atoms with Crippen molar-refractivity contribution in [2.75, 3.05) is 6.54 Å². The van der Waals surface area contributed by atoms with Crippen LogP contribution in [0.5, 0.6) is 0 Å². The Morgan fingerprint density at radius 1 is 1.08 bits per heavy atom. The van der Waals surface area contributed by atoms with Crippen molar-refractivity contribution in [2.45, 2.75) is 58.9 Å². The van der Waals surface area contributed by atoms with E-state index in [4.69, 9.17) is 0 Å². The van der Waals surface area contributed by atoms with Crippen molar-refractivity contribution in [3.8, 4) is 0 Å². The zero-order valence-corrected chi connectivity index (χ0v) is 14.8. The lowest BCUT2D eigenvalue weighted by Gasteiger charge is -2.20. The van der Waals surface area contributed by atoms with Gasteiger partial charge in [0.05, 0.1) is 6.54 Å². The lowest BCUT2D eigenvalue weighted by Crippen LogP contribution is -2.44. The summed E-state index contributed by atoms with van der Waals surface area (Å²) in [5.41, 5.74) is 4.07. The summed E-state index contributed by atoms with van der Waals surface area (Å²) in [4.78, 5) is 38.8. The van der Waals surface area contributed by atoms with Crippen LogP contribution in [0.15, 0.2) is 6.07 Å². The van der Waals surface area contributed by atoms with Crippen LogP contribution in [0.25, 0.3) is 0 Å². The van der Waals surface area contributed by atoms with Gasteiger partial charge in [-0.3, -0.25) is 14.5 Å². The predicted octanol–water partition coefficient (Wildman–Crippen LogP) is 2.97. The fourth-order valence-corrected chi connectivity index (χ4v) is 3.87. The van der Waals surface area contributed by atoms with E-state index in [-0.39, 0.29) is 18.2 Å². The molecular weight excluding hydrogens is 304 g/mol. The number of hydrogen-bond acceptors (Lipinski definition) is 3. The van der Waals surface area contributed by atoms with Gasteiger partial charge in [0.1, 0.15) is 5.54 Å². The highest BCUT2D eigenvalue weighted by Crippen LogP contribution is 2.35. The molecular formula is C19H24N2O3. The highest BCUT2D eigenvalue weighted by atomic mass is 16.2. The van der Waals surface area contributed by atoms with Crippen LogP contribution in [0.4, 0.5) is 4.79 Å². The van der Waals surface area contributed by atoms with E-state index in [9.17, 15) is 14.4 Å². The molecule has 5 nitrogen and oxygen atoms in total. The van der Waals surface area contributed by atoms with Gasteiger partial charge < -0.3 is 5.32 Å². The number of nitrogens with one attached hydrogen (secondary N) is 1. The average Bonchev–Trinajstić information content (AvgIpc) is 3.10. The van der Waals surface area contributed by atoms with Crippen LogP contribution >= 0.6 is 0 Å². The molecule has 3 amide bonds. The second-order valence-electron chi connectivity index (χ2n) is 7.15. The number of hydrogen-bond donors (Lipinski definition) is 1. The lowest BCUT2D eigenvalue weighted by molar-refractivity contribution is -0.130. The van der Waals surface area contributed by atoms with Crippen molar-refractivity contribution >= 4 is 17.7 Å². The minimum absolute atomic E-state index is 0.183. The molecule has 2 aliphatic rings. The van der Waals surface area contributed by atoms with Crippen LogP contribution in [-0.2, 0) is 4.79 Å². The van der Waals surface area contributed by atoms with Crippen molar-refractivity contribution < 1.29 is 14.4 Å². The summed E-state index contributed by atoms with van der Waals surface area (Å²) in [6.07, 6.45) is 3.21. The molecule has 1 aromatic rings. The minimum Gasteiger partial charge on any atom is -0.323 e. The van der Waals surface area contributed by atoms with Gasteiger partial charge in [0.15, 0.2) is 5.78 Å². The first-order chi connectivity index (χ1) is 11.3. The summed E-state index contributed by atoms with van der Waals surface area (Å²) in [5.74, 6) is -0.422. The molecule has 1 aliphatic heterocycles. The molecule has 0 radical (unpaired) electrons. The molecule has 0 unspecified atom stereocenters. The van der Waals surface area contributed by atoms with E-state index in [0.717, 1.165) is 34.4 Å². The molecule has 0 bridgehead atoms. The zero-order chi connectivity index (χ0) is 17.6. The molecule has 24 heavy (non-hydrogen) atoms. The molecule has 2 fully saturated rings. The number of imide groups is 1. The molecule has 1 aromatic carbocycles. The number of benzene rings is 1. The molecule has 128 valence electrons. The Kier molecular flexibility index (Phi) is 3.98. The van der Waals surface area contributed by atoms with E-state index < -0.39 is 11.6 Å². The summed E-state index contributed by atoms with van der Waals surface area (Å²) in [6.45, 7) is 7.73. The SMILES string of the molecule is Cc1cc(C(=O)CN2C(=O)NC3(CCCC3)C2=O)c(C)c(C)c1C. The number of nitrogens with zero attached hydrogens (tertiary/aromatic N) is 1. The molecule has 1 spiro atoms. The third-order valence-electron chi connectivity index (χ3n) is 5.79. The standard InChI is InChI=1S/C19H24N2O3/c1-11-9-15(14(4)13(3)12(11)2)16(22)10-21-17(23)19(20-18(21)24)7-5-6-8-19/h9H,5-8,10H2,1-4H3,(H,20,24). The van der Waals surface area contributed by atoms with Gasteiger partial charge in [-0.05, 0) is 68.9 Å². The summed E-state index contributed by atoms with van der Waals surface area (Å²) in [7, 11) is 0. The van der Waals surface area contributed by atoms with Crippen molar-refractivity contribution in [3.63, 3.8) is 0 Å². The van der Waals surface area contributed by atoms with Crippen LogP contribution in [0.1, 0.15) is 58.3 Å².